The van der Waals surface area contributed by atoms with Gasteiger partial charge in [-0.05, 0) is 23.3 Å². The molecule has 1 aliphatic heterocycles. The number of benzene rings is 3. The van der Waals surface area contributed by atoms with Crippen molar-refractivity contribution in [2.45, 2.75) is 0 Å². The molecule has 0 spiro atoms. The van der Waals surface area contributed by atoms with E-state index in [1.54, 1.807) is 0 Å². The lowest BCUT2D eigenvalue weighted by atomic mass is 9.94. The third-order valence-corrected chi connectivity index (χ3v) is 5.24. The second-order valence-corrected chi connectivity index (χ2v) is 6.49. The van der Waals surface area contributed by atoms with Crippen LogP contribution in [0, 0.1) is 0 Å². The van der Waals surface area contributed by atoms with Crippen LogP contribution in [0.5, 0.6) is 0 Å². The third kappa shape index (κ3) is 1.56. The minimum absolute atomic E-state index is 1.16. The van der Waals surface area contributed by atoms with Gasteiger partial charge < -0.3 is 4.57 Å². The zero-order valence-electron chi connectivity index (χ0n) is 13.5. The van der Waals surface area contributed by atoms with Crippen molar-refractivity contribution >= 4 is 21.8 Å². The van der Waals surface area contributed by atoms with E-state index < -0.39 is 0 Å². The van der Waals surface area contributed by atoms with E-state index in [1.165, 1.54) is 44.2 Å². The van der Waals surface area contributed by atoms with Gasteiger partial charge in [-0.2, -0.15) is 0 Å². The Bertz CT molecular complexity index is 1290. The summed E-state index contributed by atoms with van der Waals surface area (Å²) in [5.74, 6) is 0. The highest BCUT2D eigenvalue weighted by atomic mass is 15.0. The average Bonchev–Trinajstić information content (AvgIpc) is 2.96. The minimum Gasteiger partial charge on any atom is -0.306 e. The van der Waals surface area contributed by atoms with Crippen molar-refractivity contribution in [3.63, 3.8) is 0 Å². The van der Waals surface area contributed by atoms with Crippen LogP contribution < -0.4 is 0 Å². The molecule has 0 saturated heterocycles. The maximum Gasteiger partial charge on any atom is 0.0724 e. The molecule has 116 valence electrons. The molecule has 2 aromatic heterocycles. The Labute approximate surface area is 145 Å². The highest BCUT2D eigenvalue weighted by Gasteiger charge is 2.23. The summed E-state index contributed by atoms with van der Waals surface area (Å²) in [7, 11) is 0. The van der Waals surface area contributed by atoms with Gasteiger partial charge >= 0.3 is 0 Å². The number of nitrogens with zero attached hydrogens (tertiary/aromatic N) is 2. The number of para-hydroxylation sites is 2. The number of aromatic nitrogens is 2. The van der Waals surface area contributed by atoms with Gasteiger partial charge in [0.25, 0.3) is 0 Å². The summed E-state index contributed by atoms with van der Waals surface area (Å²) in [6, 6.07) is 26.1. The maximum absolute atomic E-state index is 4.40. The first-order valence-corrected chi connectivity index (χ1v) is 8.50. The quantitative estimate of drug-likeness (QED) is 0.345. The Balaban J connectivity index is 1.99. The molecule has 0 unspecified atom stereocenters. The fourth-order valence-electron chi connectivity index (χ4n) is 4.23. The van der Waals surface area contributed by atoms with Gasteiger partial charge in [0.05, 0.1) is 22.9 Å². The number of hydrogen-bond acceptors (Lipinski definition) is 1. The van der Waals surface area contributed by atoms with Crippen LogP contribution in [0.2, 0.25) is 0 Å². The van der Waals surface area contributed by atoms with Crippen LogP contribution >= 0.6 is 0 Å². The molecular formula is C23H14N2. The minimum atomic E-state index is 1.16. The van der Waals surface area contributed by atoms with E-state index in [0.717, 1.165) is 5.52 Å². The summed E-state index contributed by atoms with van der Waals surface area (Å²) < 4.78 is 2.38. The summed E-state index contributed by atoms with van der Waals surface area (Å²) in [5.41, 5.74) is 8.75. The topological polar surface area (TPSA) is 17.8 Å². The molecule has 0 radical (unpaired) electrons. The van der Waals surface area contributed by atoms with E-state index in [4.69, 9.17) is 0 Å². The average molecular weight is 318 g/mol. The van der Waals surface area contributed by atoms with Crippen LogP contribution in [-0.2, 0) is 0 Å². The van der Waals surface area contributed by atoms with Gasteiger partial charge in [0, 0.05) is 28.1 Å². The van der Waals surface area contributed by atoms with E-state index >= 15 is 0 Å². The molecule has 5 aromatic rings. The van der Waals surface area contributed by atoms with Gasteiger partial charge in [0.15, 0.2) is 0 Å². The molecule has 0 amide bonds. The zero-order valence-corrected chi connectivity index (χ0v) is 13.5. The SMILES string of the molecule is c1ccc2c(c1)-c1ccccc1-n1c3cnccc3c3cccc-2c31. The Morgan fingerprint density at radius 3 is 2.20 bits per heavy atom. The Kier molecular flexibility index (Phi) is 2.37. The maximum atomic E-state index is 4.40. The Hall–Kier alpha value is -3.39. The second kappa shape index (κ2) is 4.58. The Morgan fingerprint density at radius 2 is 1.32 bits per heavy atom. The van der Waals surface area contributed by atoms with Gasteiger partial charge in [-0.3, -0.25) is 4.98 Å². The molecule has 6 rings (SSSR count). The first-order chi connectivity index (χ1) is 12.4. The van der Waals surface area contributed by atoms with E-state index in [2.05, 4.69) is 82.3 Å². The zero-order chi connectivity index (χ0) is 16.4. The predicted molar refractivity (Wildman–Crippen MR) is 103 cm³/mol. The van der Waals surface area contributed by atoms with E-state index in [-0.39, 0.29) is 0 Å². The number of pyridine rings is 1. The molecule has 0 aliphatic carbocycles. The summed E-state index contributed by atoms with van der Waals surface area (Å²) in [6.07, 6.45) is 3.86. The summed E-state index contributed by atoms with van der Waals surface area (Å²) >= 11 is 0. The largest absolute Gasteiger partial charge is 0.306 e. The lowest BCUT2D eigenvalue weighted by Gasteiger charge is -2.11. The molecule has 3 heterocycles. The lowest BCUT2D eigenvalue weighted by molar-refractivity contribution is 1.17. The van der Waals surface area contributed by atoms with Crippen molar-refractivity contribution in [3.8, 4) is 27.9 Å². The molecule has 0 bridgehead atoms. The summed E-state index contributed by atoms with van der Waals surface area (Å²) in [6.45, 7) is 0. The number of rotatable bonds is 0. The van der Waals surface area contributed by atoms with Gasteiger partial charge in [-0.15, -0.1) is 0 Å². The normalized spacial score (nSPS) is 12.0. The number of fused-ring (bicyclic) bond motifs is 8. The van der Waals surface area contributed by atoms with Crippen molar-refractivity contribution in [1.82, 2.24) is 9.55 Å². The molecule has 3 aromatic carbocycles. The predicted octanol–water partition coefficient (Wildman–Crippen LogP) is 5.83. The van der Waals surface area contributed by atoms with Crippen LogP contribution in [0.4, 0.5) is 0 Å². The molecule has 0 fully saturated rings. The van der Waals surface area contributed by atoms with Gasteiger partial charge in [-0.1, -0.05) is 60.7 Å². The molecule has 0 atom stereocenters. The molecule has 2 nitrogen and oxygen atoms in total. The van der Waals surface area contributed by atoms with Crippen molar-refractivity contribution in [2.75, 3.05) is 0 Å². The number of hydrogen-bond donors (Lipinski definition) is 0. The standard InChI is InChI=1S/C23H14N2/c1-2-7-16-15(6-1)17-8-3-4-11-21(17)25-22-14-24-13-12-18(22)20-10-5-9-19(16)23(20)25/h1-14H. The van der Waals surface area contributed by atoms with Gasteiger partial charge in [0.2, 0.25) is 0 Å². The first kappa shape index (κ1) is 13.0. The fraction of sp³-hybridized carbons (Fsp3) is 0. The van der Waals surface area contributed by atoms with E-state index in [1.807, 2.05) is 12.4 Å². The molecule has 0 N–H and O–H groups in total. The van der Waals surface area contributed by atoms with Gasteiger partial charge in [0.1, 0.15) is 0 Å². The van der Waals surface area contributed by atoms with Crippen LogP contribution in [0.1, 0.15) is 0 Å². The fourth-order valence-corrected chi connectivity index (χ4v) is 4.23. The van der Waals surface area contributed by atoms with Crippen LogP contribution in [0.15, 0.2) is 85.2 Å². The van der Waals surface area contributed by atoms with E-state index in [9.17, 15) is 0 Å². The van der Waals surface area contributed by atoms with Crippen molar-refractivity contribution in [2.24, 2.45) is 0 Å². The monoisotopic (exact) mass is 318 g/mol. The van der Waals surface area contributed by atoms with Crippen LogP contribution in [0.25, 0.3) is 49.7 Å². The molecule has 2 heteroatoms. The summed E-state index contributed by atoms with van der Waals surface area (Å²) in [4.78, 5) is 4.40. The van der Waals surface area contributed by atoms with Crippen molar-refractivity contribution in [1.29, 1.82) is 0 Å². The molecule has 1 aliphatic rings. The van der Waals surface area contributed by atoms with E-state index in [0.29, 0.717) is 0 Å². The highest BCUT2D eigenvalue weighted by molar-refractivity contribution is 6.16. The highest BCUT2D eigenvalue weighted by Crippen LogP contribution is 2.45. The molecule has 0 saturated carbocycles. The summed E-state index contributed by atoms with van der Waals surface area (Å²) in [5, 5.41) is 2.53. The third-order valence-electron chi connectivity index (χ3n) is 5.24. The van der Waals surface area contributed by atoms with Crippen molar-refractivity contribution < 1.29 is 0 Å². The molecule has 25 heavy (non-hydrogen) atoms. The van der Waals surface area contributed by atoms with Crippen LogP contribution in [-0.4, -0.2) is 9.55 Å². The van der Waals surface area contributed by atoms with Gasteiger partial charge in [-0.25, -0.2) is 0 Å². The second-order valence-electron chi connectivity index (χ2n) is 6.49. The van der Waals surface area contributed by atoms with Crippen molar-refractivity contribution in [3.05, 3.63) is 85.2 Å². The lowest BCUT2D eigenvalue weighted by Crippen LogP contribution is -1.95. The Morgan fingerprint density at radius 1 is 0.600 bits per heavy atom. The smallest absolute Gasteiger partial charge is 0.0724 e. The van der Waals surface area contributed by atoms with Crippen LogP contribution in [0.3, 0.4) is 0 Å². The first-order valence-electron chi connectivity index (χ1n) is 8.50. The molecular weight excluding hydrogens is 304 g/mol.